The Hall–Kier alpha value is -4.85. The molecule has 5 heterocycles. The van der Waals surface area contributed by atoms with E-state index < -0.39 is 18.0 Å². The first kappa shape index (κ1) is 25.4. The summed E-state index contributed by atoms with van der Waals surface area (Å²) in [5.41, 5.74) is 10.8. The van der Waals surface area contributed by atoms with Gasteiger partial charge >= 0.3 is 12.2 Å². The second-order valence-electron chi connectivity index (χ2n) is 9.13. The summed E-state index contributed by atoms with van der Waals surface area (Å²) in [5, 5.41) is 5.25. The Balaban J connectivity index is 1.25. The summed E-state index contributed by atoms with van der Waals surface area (Å²) in [6, 6.07) is 4.61. The molecule has 1 amide bonds. The predicted octanol–water partition coefficient (Wildman–Crippen LogP) is 3.52. The zero-order chi connectivity index (χ0) is 27.8. The number of fused-ring (bicyclic) bond motifs is 2. The Morgan fingerprint density at radius 3 is 2.65 bits per heavy atom. The molecule has 40 heavy (non-hydrogen) atoms. The molecule has 0 unspecified atom stereocenters. The fourth-order valence-electron chi connectivity index (χ4n) is 4.95. The fourth-order valence-corrected chi connectivity index (χ4v) is 5.74. The number of ether oxygens (including phenoxy) is 2. The molecule has 6 rings (SSSR count). The molecule has 0 radical (unpaired) electrons. The highest BCUT2D eigenvalue weighted by atomic mass is 32.1. The average Bonchev–Trinajstić information content (AvgIpc) is 3.73. The highest BCUT2D eigenvalue weighted by molar-refractivity contribution is 7.17. The minimum Gasteiger partial charge on any atom is -0.452 e. The van der Waals surface area contributed by atoms with Crippen LogP contribution in [0.25, 0.3) is 43.6 Å². The van der Waals surface area contributed by atoms with Crippen molar-refractivity contribution in [2.75, 3.05) is 18.8 Å². The number of pyridine rings is 1. The van der Waals surface area contributed by atoms with Crippen LogP contribution in [0.3, 0.4) is 0 Å². The number of carbonyl (C=O) groups is 3. The van der Waals surface area contributed by atoms with E-state index >= 15 is 0 Å². The van der Waals surface area contributed by atoms with Crippen molar-refractivity contribution >= 4 is 57.2 Å². The Morgan fingerprint density at radius 2 is 1.90 bits per heavy atom. The van der Waals surface area contributed by atoms with Gasteiger partial charge in [0.25, 0.3) is 12.9 Å². The smallest absolute Gasteiger partial charge is 0.325 e. The monoisotopic (exact) mass is 564 g/mol. The number of rotatable bonds is 8. The lowest BCUT2D eigenvalue weighted by Crippen LogP contribution is -2.45. The van der Waals surface area contributed by atoms with Gasteiger partial charge < -0.3 is 24.5 Å². The largest absolute Gasteiger partial charge is 0.452 e. The molecule has 0 saturated carbocycles. The van der Waals surface area contributed by atoms with Crippen LogP contribution in [0.2, 0.25) is 0 Å². The number of thiazole rings is 1. The Labute approximate surface area is 229 Å². The maximum Gasteiger partial charge on any atom is 0.325 e. The zero-order valence-electron chi connectivity index (χ0n) is 20.7. The molecule has 1 saturated heterocycles. The standard InChI is InChI=1S/C26H21FN6O6S/c27-15-5-18(23-20(6-15)30-11-40-23)21-7-17-19(9-29-24(28)22(17)39-21)14-8-31-33(10-14)16-1-3-32(4-2-16)25(36)26(37-12-34)38-13-35/h5-13,16,26H,1-4H2,(H2,28,29). The van der Waals surface area contributed by atoms with Gasteiger partial charge in [-0.25, -0.2) is 14.4 Å². The number of hydrogen-bond acceptors (Lipinski definition) is 11. The highest BCUT2D eigenvalue weighted by Crippen LogP contribution is 2.40. The Bertz CT molecular complexity index is 1730. The van der Waals surface area contributed by atoms with Crippen molar-refractivity contribution in [3.05, 3.63) is 48.1 Å². The molecule has 5 aromatic rings. The van der Waals surface area contributed by atoms with E-state index in [0.717, 1.165) is 15.8 Å². The number of anilines is 1. The molecule has 0 bridgehead atoms. The van der Waals surface area contributed by atoms with Gasteiger partial charge in [-0.05, 0) is 25.0 Å². The molecule has 14 heteroatoms. The second-order valence-corrected chi connectivity index (χ2v) is 9.98. The number of nitrogens with zero attached hydrogens (tertiary/aromatic N) is 5. The van der Waals surface area contributed by atoms with Crippen molar-refractivity contribution in [1.29, 1.82) is 0 Å². The molecule has 1 fully saturated rings. The quantitative estimate of drug-likeness (QED) is 0.218. The second kappa shape index (κ2) is 10.4. The number of amides is 1. The first-order chi connectivity index (χ1) is 19.5. The molecule has 4 aromatic heterocycles. The molecule has 12 nitrogen and oxygen atoms in total. The number of carbonyl (C=O) groups excluding carboxylic acids is 3. The Morgan fingerprint density at radius 1 is 1.12 bits per heavy atom. The zero-order valence-corrected chi connectivity index (χ0v) is 21.5. The minimum absolute atomic E-state index is 0.000669. The van der Waals surface area contributed by atoms with Gasteiger partial charge in [-0.2, -0.15) is 5.10 Å². The van der Waals surface area contributed by atoms with E-state index in [2.05, 4.69) is 24.5 Å². The molecule has 0 atom stereocenters. The number of piperidine rings is 1. The summed E-state index contributed by atoms with van der Waals surface area (Å²) < 4.78 is 32.2. The highest BCUT2D eigenvalue weighted by Gasteiger charge is 2.31. The maximum absolute atomic E-state index is 14.3. The van der Waals surface area contributed by atoms with Crippen LogP contribution in [0.5, 0.6) is 0 Å². The molecule has 0 aliphatic carbocycles. The normalized spacial score (nSPS) is 14.2. The van der Waals surface area contributed by atoms with E-state index in [1.54, 1.807) is 17.9 Å². The first-order valence-corrected chi connectivity index (χ1v) is 13.1. The molecule has 1 aromatic carbocycles. The van der Waals surface area contributed by atoms with Crippen molar-refractivity contribution in [2.24, 2.45) is 0 Å². The lowest BCUT2D eigenvalue weighted by molar-refractivity contribution is -0.185. The third-order valence-corrected chi connectivity index (χ3v) is 7.75. The predicted molar refractivity (Wildman–Crippen MR) is 141 cm³/mol. The van der Waals surface area contributed by atoms with Gasteiger partial charge in [0.1, 0.15) is 11.6 Å². The summed E-state index contributed by atoms with van der Waals surface area (Å²) >= 11 is 1.39. The summed E-state index contributed by atoms with van der Waals surface area (Å²) in [5.74, 6) is -0.359. The minimum atomic E-state index is -1.59. The first-order valence-electron chi connectivity index (χ1n) is 12.2. The third-order valence-electron chi connectivity index (χ3n) is 6.87. The van der Waals surface area contributed by atoms with E-state index in [1.165, 1.54) is 28.4 Å². The van der Waals surface area contributed by atoms with Crippen LogP contribution in [-0.4, -0.2) is 62.9 Å². The number of nitrogens with two attached hydrogens (primary N) is 1. The van der Waals surface area contributed by atoms with Gasteiger partial charge in [-0.1, -0.05) is 0 Å². The lowest BCUT2D eigenvalue weighted by Gasteiger charge is -2.33. The summed E-state index contributed by atoms with van der Waals surface area (Å²) in [6.45, 7) is 0.846. The maximum atomic E-state index is 14.3. The Kier molecular flexibility index (Phi) is 6.59. The topological polar surface area (TPSA) is 156 Å². The number of furan rings is 1. The van der Waals surface area contributed by atoms with Crippen LogP contribution < -0.4 is 5.73 Å². The van der Waals surface area contributed by atoms with Gasteiger partial charge in [0, 0.05) is 53.6 Å². The molecule has 0 spiro atoms. The van der Waals surface area contributed by atoms with Crippen LogP contribution in [0.1, 0.15) is 18.9 Å². The van der Waals surface area contributed by atoms with Gasteiger partial charge in [-0.15, -0.1) is 11.3 Å². The molecule has 1 aliphatic rings. The number of hydrogen-bond donors (Lipinski definition) is 1. The molecular weight excluding hydrogens is 543 g/mol. The van der Waals surface area contributed by atoms with E-state index in [1.807, 2.05) is 16.9 Å². The molecule has 1 aliphatic heterocycles. The molecule has 2 N–H and O–H groups in total. The summed E-state index contributed by atoms with van der Waals surface area (Å²) in [7, 11) is 0. The van der Waals surface area contributed by atoms with Crippen molar-refractivity contribution in [2.45, 2.75) is 25.2 Å². The van der Waals surface area contributed by atoms with E-state index in [4.69, 9.17) is 10.2 Å². The van der Waals surface area contributed by atoms with Crippen molar-refractivity contribution in [3.63, 3.8) is 0 Å². The van der Waals surface area contributed by atoms with Gasteiger partial charge in [0.15, 0.2) is 11.4 Å². The van der Waals surface area contributed by atoms with Gasteiger partial charge in [0.2, 0.25) is 0 Å². The third kappa shape index (κ3) is 4.51. The van der Waals surface area contributed by atoms with Crippen molar-refractivity contribution in [1.82, 2.24) is 24.6 Å². The fraction of sp³-hybridized carbons (Fsp3) is 0.231. The molecule has 204 valence electrons. The van der Waals surface area contributed by atoms with Crippen LogP contribution in [0.4, 0.5) is 10.2 Å². The lowest BCUT2D eigenvalue weighted by atomic mass is 10.0. The van der Waals surface area contributed by atoms with E-state index in [-0.39, 0.29) is 24.8 Å². The van der Waals surface area contributed by atoms with Crippen molar-refractivity contribution < 1.29 is 32.7 Å². The molecular formula is C26H21FN6O6S. The number of likely N-dealkylation sites (tertiary alicyclic amines) is 1. The average molecular weight is 565 g/mol. The van der Waals surface area contributed by atoms with Crippen molar-refractivity contribution in [3.8, 4) is 22.5 Å². The number of nitrogen functional groups attached to an aromatic ring is 1. The van der Waals surface area contributed by atoms with Crippen LogP contribution in [0, 0.1) is 5.82 Å². The number of aromatic nitrogens is 4. The summed E-state index contributed by atoms with van der Waals surface area (Å²) in [4.78, 5) is 43.8. The van der Waals surface area contributed by atoms with Crippen LogP contribution >= 0.6 is 11.3 Å². The number of benzene rings is 1. The van der Waals surface area contributed by atoms with Crippen LogP contribution in [0.15, 0.2) is 46.7 Å². The van der Waals surface area contributed by atoms with Crippen LogP contribution in [-0.2, 0) is 23.9 Å². The van der Waals surface area contributed by atoms with Gasteiger partial charge in [-0.3, -0.25) is 19.1 Å². The van der Waals surface area contributed by atoms with Gasteiger partial charge in [0.05, 0.1) is 28.0 Å². The van der Waals surface area contributed by atoms with E-state index in [0.29, 0.717) is 53.7 Å². The number of halogens is 1. The SMILES string of the molecule is Nc1ncc(-c2cnn(C3CCN(C(=O)C(OC=O)OC=O)CC3)c2)c2cc(-c3cc(F)cc4ncsc34)oc12. The van der Waals surface area contributed by atoms with E-state index in [9.17, 15) is 18.8 Å². The summed E-state index contributed by atoms with van der Waals surface area (Å²) in [6.07, 6.45) is 4.82.